The summed E-state index contributed by atoms with van der Waals surface area (Å²) < 4.78 is 6.02. The van der Waals surface area contributed by atoms with Gasteiger partial charge in [0.15, 0.2) is 0 Å². The Labute approximate surface area is 149 Å². The minimum Gasteiger partial charge on any atom is -0.373 e. The van der Waals surface area contributed by atoms with E-state index in [0.29, 0.717) is 25.3 Å². The molecular weight excluding hydrogens is 312 g/mol. The van der Waals surface area contributed by atoms with E-state index < -0.39 is 0 Å². The largest absolute Gasteiger partial charge is 0.373 e. The van der Waals surface area contributed by atoms with Crippen molar-refractivity contribution in [3.63, 3.8) is 0 Å². The Bertz CT molecular complexity index is 670. The van der Waals surface area contributed by atoms with Crippen molar-refractivity contribution < 1.29 is 9.53 Å². The Morgan fingerprint density at radius 1 is 1.24 bits per heavy atom. The molecule has 0 spiro atoms. The Hall–Kier alpha value is -2.20. The van der Waals surface area contributed by atoms with Gasteiger partial charge in [-0.1, -0.05) is 35.9 Å². The highest BCUT2D eigenvalue weighted by atomic mass is 16.5. The van der Waals surface area contributed by atoms with Gasteiger partial charge in [0, 0.05) is 37.4 Å². The molecule has 0 bridgehead atoms. The first-order valence-corrected chi connectivity index (χ1v) is 9.07. The molecule has 0 aliphatic carbocycles. The van der Waals surface area contributed by atoms with E-state index in [-0.39, 0.29) is 12.0 Å². The van der Waals surface area contributed by atoms with Crippen LogP contribution in [0.4, 0.5) is 0 Å². The van der Waals surface area contributed by atoms with Crippen molar-refractivity contribution in [2.75, 3.05) is 13.2 Å². The van der Waals surface area contributed by atoms with E-state index in [1.807, 2.05) is 18.2 Å². The molecule has 1 aliphatic rings. The SMILES string of the molecule is Cc1ccc([C@@H]2OCCC[C@@H]2CNC(=O)CCc2ccccn2)cc1. The molecule has 132 valence electrons. The lowest BCUT2D eigenvalue weighted by Gasteiger charge is -2.32. The number of benzene rings is 1. The van der Waals surface area contributed by atoms with Gasteiger partial charge >= 0.3 is 0 Å². The first-order valence-electron chi connectivity index (χ1n) is 9.07. The molecule has 0 saturated carbocycles. The Morgan fingerprint density at radius 2 is 2.08 bits per heavy atom. The first kappa shape index (κ1) is 17.6. The van der Waals surface area contributed by atoms with Gasteiger partial charge in [0.05, 0.1) is 6.10 Å². The predicted octanol–water partition coefficient (Wildman–Crippen LogP) is 3.61. The highest BCUT2D eigenvalue weighted by Gasteiger charge is 2.27. The highest BCUT2D eigenvalue weighted by Crippen LogP contribution is 2.33. The number of nitrogens with one attached hydrogen (secondary N) is 1. The number of rotatable bonds is 6. The fraction of sp³-hybridized carbons (Fsp3) is 0.429. The summed E-state index contributed by atoms with van der Waals surface area (Å²) in [5.74, 6) is 0.411. The Balaban J connectivity index is 1.51. The van der Waals surface area contributed by atoms with Gasteiger partial charge in [-0.2, -0.15) is 0 Å². The van der Waals surface area contributed by atoms with Gasteiger partial charge in [0.1, 0.15) is 0 Å². The van der Waals surface area contributed by atoms with E-state index in [9.17, 15) is 4.79 Å². The molecule has 3 rings (SSSR count). The smallest absolute Gasteiger partial charge is 0.220 e. The molecule has 1 saturated heterocycles. The molecule has 2 aromatic rings. The average molecular weight is 338 g/mol. The van der Waals surface area contributed by atoms with Gasteiger partial charge in [-0.25, -0.2) is 0 Å². The van der Waals surface area contributed by atoms with E-state index >= 15 is 0 Å². The van der Waals surface area contributed by atoms with Crippen molar-refractivity contribution in [2.45, 2.75) is 38.7 Å². The molecular formula is C21H26N2O2. The van der Waals surface area contributed by atoms with Gasteiger partial charge < -0.3 is 10.1 Å². The summed E-state index contributed by atoms with van der Waals surface area (Å²) >= 11 is 0. The van der Waals surface area contributed by atoms with Crippen molar-refractivity contribution in [3.8, 4) is 0 Å². The molecule has 1 aromatic heterocycles. The van der Waals surface area contributed by atoms with Crippen LogP contribution in [-0.4, -0.2) is 24.0 Å². The average Bonchev–Trinajstić information content (AvgIpc) is 2.66. The van der Waals surface area contributed by atoms with Crippen LogP contribution in [0.1, 0.15) is 42.2 Å². The molecule has 1 aromatic carbocycles. The molecule has 25 heavy (non-hydrogen) atoms. The van der Waals surface area contributed by atoms with Crippen LogP contribution in [0.2, 0.25) is 0 Å². The lowest BCUT2D eigenvalue weighted by Crippen LogP contribution is -2.35. The van der Waals surface area contributed by atoms with Gasteiger partial charge in [-0.15, -0.1) is 0 Å². The van der Waals surface area contributed by atoms with Crippen LogP contribution in [0.15, 0.2) is 48.7 Å². The third-order valence-corrected chi connectivity index (χ3v) is 4.75. The number of pyridine rings is 1. The maximum Gasteiger partial charge on any atom is 0.220 e. The Kier molecular flexibility index (Phi) is 6.18. The predicted molar refractivity (Wildman–Crippen MR) is 98.2 cm³/mol. The summed E-state index contributed by atoms with van der Waals surface area (Å²) in [6.45, 7) is 3.55. The van der Waals surface area contributed by atoms with E-state index in [1.54, 1.807) is 6.20 Å². The van der Waals surface area contributed by atoms with Gasteiger partial charge in [0.25, 0.3) is 0 Å². The second-order valence-corrected chi connectivity index (χ2v) is 6.73. The summed E-state index contributed by atoms with van der Waals surface area (Å²) in [6.07, 6.45) is 5.12. The monoisotopic (exact) mass is 338 g/mol. The Morgan fingerprint density at radius 3 is 2.84 bits per heavy atom. The number of aryl methyl sites for hydroxylation is 2. The second-order valence-electron chi connectivity index (χ2n) is 6.73. The fourth-order valence-electron chi connectivity index (χ4n) is 3.30. The molecule has 1 fully saturated rings. The number of aromatic nitrogens is 1. The van der Waals surface area contributed by atoms with Gasteiger partial charge in [-0.05, 0) is 43.9 Å². The summed E-state index contributed by atoms with van der Waals surface area (Å²) in [5.41, 5.74) is 3.41. The zero-order valence-corrected chi connectivity index (χ0v) is 14.8. The summed E-state index contributed by atoms with van der Waals surface area (Å²) in [5, 5.41) is 3.09. The van der Waals surface area contributed by atoms with E-state index in [0.717, 1.165) is 25.1 Å². The van der Waals surface area contributed by atoms with Crippen LogP contribution in [0.3, 0.4) is 0 Å². The van der Waals surface area contributed by atoms with Crippen molar-refractivity contribution in [2.24, 2.45) is 5.92 Å². The number of hydrogen-bond donors (Lipinski definition) is 1. The zero-order chi connectivity index (χ0) is 17.5. The molecule has 1 N–H and O–H groups in total. The maximum absolute atomic E-state index is 12.2. The second kappa shape index (κ2) is 8.77. The number of amides is 1. The van der Waals surface area contributed by atoms with Crippen LogP contribution in [0.5, 0.6) is 0 Å². The third kappa shape index (κ3) is 5.13. The quantitative estimate of drug-likeness (QED) is 0.875. The van der Waals surface area contributed by atoms with Crippen molar-refractivity contribution in [1.29, 1.82) is 0 Å². The number of carbonyl (C=O) groups excluding carboxylic acids is 1. The maximum atomic E-state index is 12.2. The molecule has 1 amide bonds. The van der Waals surface area contributed by atoms with E-state index in [1.165, 1.54) is 11.1 Å². The number of hydrogen-bond acceptors (Lipinski definition) is 3. The zero-order valence-electron chi connectivity index (χ0n) is 14.8. The highest BCUT2D eigenvalue weighted by molar-refractivity contribution is 5.76. The molecule has 2 heterocycles. The lowest BCUT2D eigenvalue weighted by atomic mass is 9.89. The summed E-state index contributed by atoms with van der Waals surface area (Å²) in [7, 11) is 0. The molecule has 4 heteroatoms. The number of ether oxygens (including phenoxy) is 1. The number of nitrogens with zero attached hydrogens (tertiary/aromatic N) is 1. The standard InChI is InChI=1S/C21H26N2O2/c1-16-7-9-17(10-8-16)21-18(5-4-14-25-21)15-23-20(24)12-11-19-6-2-3-13-22-19/h2-3,6-10,13,18,21H,4-5,11-12,14-15H2,1H3,(H,23,24)/t18-,21+/m1/s1. The molecule has 1 aliphatic heterocycles. The normalized spacial score (nSPS) is 20.2. The minimum atomic E-state index is 0.0745. The van der Waals surface area contributed by atoms with Crippen molar-refractivity contribution in [3.05, 3.63) is 65.5 Å². The van der Waals surface area contributed by atoms with Crippen molar-refractivity contribution >= 4 is 5.91 Å². The van der Waals surface area contributed by atoms with Crippen LogP contribution >= 0.6 is 0 Å². The minimum absolute atomic E-state index is 0.0745. The van der Waals surface area contributed by atoms with Gasteiger partial charge in [0.2, 0.25) is 5.91 Å². The summed E-state index contributed by atoms with van der Waals surface area (Å²) in [6, 6.07) is 14.3. The lowest BCUT2D eigenvalue weighted by molar-refractivity contribution is -0.121. The first-order chi connectivity index (χ1) is 12.2. The van der Waals surface area contributed by atoms with Crippen molar-refractivity contribution in [1.82, 2.24) is 10.3 Å². The molecule has 0 radical (unpaired) electrons. The fourth-order valence-corrected chi connectivity index (χ4v) is 3.30. The number of carbonyl (C=O) groups is 1. The van der Waals surface area contributed by atoms with E-state index in [4.69, 9.17) is 4.74 Å². The molecule has 2 atom stereocenters. The third-order valence-electron chi connectivity index (χ3n) is 4.75. The summed E-state index contributed by atoms with van der Waals surface area (Å²) in [4.78, 5) is 16.4. The van der Waals surface area contributed by atoms with Crippen LogP contribution in [0.25, 0.3) is 0 Å². The molecule has 4 nitrogen and oxygen atoms in total. The van der Waals surface area contributed by atoms with Crippen LogP contribution in [-0.2, 0) is 16.0 Å². The van der Waals surface area contributed by atoms with Crippen LogP contribution in [0, 0.1) is 12.8 Å². The van der Waals surface area contributed by atoms with Gasteiger partial charge in [-0.3, -0.25) is 9.78 Å². The molecule has 0 unspecified atom stereocenters. The van der Waals surface area contributed by atoms with Crippen LogP contribution < -0.4 is 5.32 Å². The van der Waals surface area contributed by atoms with E-state index in [2.05, 4.69) is 41.5 Å². The topological polar surface area (TPSA) is 51.2 Å².